The van der Waals surface area contributed by atoms with Gasteiger partial charge in [-0.15, -0.1) is 0 Å². The first-order chi connectivity index (χ1) is 16.4. The summed E-state index contributed by atoms with van der Waals surface area (Å²) in [6.07, 6.45) is 1.75. The third kappa shape index (κ3) is 6.71. The van der Waals surface area contributed by atoms with E-state index < -0.39 is 23.3 Å². The SMILES string of the molecule is CCc1oc(C2C=CC(C(F)(F)F)=CC2C)cc1CCCOc1ccc(OC(C)(C)C(=O)O)cc1. The molecule has 1 aromatic carbocycles. The van der Waals surface area contributed by atoms with Gasteiger partial charge in [-0.05, 0) is 68.5 Å². The number of rotatable bonds is 10. The maximum absolute atomic E-state index is 13.0. The van der Waals surface area contributed by atoms with Gasteiger partial charge < -0.3 is 19.0 Å². The number of aryl methyl sites for hydroxylation is 2. The summed E-state index contributed by atoms with van der Waals surface area (Å²) in [4.78, 5) is 11.2. The number of hydrogen-bond acceptors (Lipinski definition) is 4. The minimum absolute atomic E-state index is 0.233. The van der Waals surface area contributed by atoms with Gasteiger partial charge in [0.25, 0.3) is 0 Å². The van der Waals surface area contributed by atoms with Crippen LogP contribution in [0.3, 0.4) is 0 Å². The van der Waals surface area contributed by atoms with Crippen molar-refractivity contribution in [3.63, 3.8) is 0 Å². The molecule has 2 atom stereocenters. The molecule has 0 saturated heterocycles. The van der Waals surface area contributed by atoms with E-state index in [9.17, 15) is 18.0 Å². The molecule has 0 saturated carbocycles. The van der Waals surface area contributed by atoms with E-state index in [1.807, 2.05) is 13.0 Å². The van der Waals surface area contributed by atoms with Gasteiger partial charge in [-0.1, -0.05) is 32.1 Å². The maximum Gasteiger partial charge on any atom is 0.416 e. The molecule has 5 nitrogen and oxygen atoms in total. The minimum atomic E-state index is -4.35. The lowest BCUT2D eigenvalue weighted by molar-refractivity contribution is -0.152. The zero-order valence-electron chi connectivity index (χ0n) is 20.3. The van der Waals surface area contributed by atoms with Gasteiger partial charge in [0, 0.05) is 12.3 Å². The molecule has 35 heavy (non-hydrogen) atoms. The van der Waals surface area contributed by atoms with Crippen molar-refractivity contribution in [2.45, 2.75) is 64.7 Å². The molecule has 1 heterocycles. The monoisotopic (exact) mass is 492 g/mol. The summed E-state index contributed by atoms with van der Waals surface area (Å²) >= 11 is 0. The molecule has 1 aliphatic rings. The number of furan rings is 1. The second-order valence-electron chi connectivity index (χ2n) is 9.16. The van der Waals surface area contributed by atoms with E-state index in [4.69, 9.17) is 19.0 Å². The van der Waals surface area contributed by atoms with Crippen LogP contribution in [0.15, 0.2) is 58.6 Å². The van der Waals surface area contributed by atoms with Gasteiger partial charge in [0.1, 0.15) is 23.0 Å². The fourth-order valence-corrected chi connectivity index (χ4v) is 3.93. The average molecular weight is 493 g/mol. The molecule has 0 bridgehead atoms. The van der Waals surface area contributed by atoms with E-state index in [0.717, 1.165) is 30.2 Å². The third-order valence-corrected chi connectivity index (χ3v) is 5.96. The number of alkyl halides is 3. The van der Waals surface area contributed by atoms with Crippen LogP contribution in [0.5, 0.6) is 11.5 Å². The number of hydrogen-bond donors (Lipinski definition) is 1. The zero-order chi connectivity index (χ0) is 25.8. The maximum atomic E-state index is 13.0. The van der Waals surface area contributed by atoms with Gasteiger partial charge in [-0.25, -0.2) is 4.79 Å². The Morgan fingerprint density at radius 2 is 1.80 bits per heavy atom. The third-order valence-electron chi connectivity index (χ3n) is 5.96. The molecule has 0 spiro atoms. The minimum Gasteiger partial charge on any atom is -0.494 e. The predicted molar refractivity (Wildman–Crippen MR) is 126 cm³/mol. The summed E-state index contributed by atoms with van der Waals surface area (Å²) in [5.74, 6) is 0.990. The molecule has 8 heteroatoms. The van der Waals surface area contributed by atoms with Gasteiger partial charge in [0.2, 0.25) is 0 Å². The van der Waals surface area contributed by atoms with Crippen LogP contribution in [0.1, 0.15) is 57.1 Å². The van der Waals surface area contributed by atoms with Crippen LogP contribution in [0.25, 0.3) is 0 Å². The Labute approximate surface area is 203 Å². The molecule has 0 amide bonds. The van der Waals surface area contributed by atoms with Gasteiger partial charge in [-0.2, -0.15) is 13.2 Å². The Morgan fingerprint density at radius 3 is 2.37 bits per heavy atom. The van der Waals surface area contributed by atoms with Crippen molar-refractivity contribution in [3.8, 4) is 11.5 Å². The van der Waals surface area contributed by atoms with Gasteiger partial charge in [0.15, 0.2) is 5.60 Å². The Bertz CT molecular complexity index is 1080. The second kappa shape index (κ2) is 10.6. The van der Waals surface area contributed by atoms with Crippen molar-refractivity contribution in [2.24, 2.45) is 5.92 Å². The topological polar surface area (TPSA) is 68.9 Å². The smallest absolute Gasteiger partial charge is 0.416 e. The van der Waals surface area contributed by atoms with Crippen molar-refractivity contribution in [1.29, 1.82) is 0 Å². The fraction of sp³-hybridized carbons (Fsp3) is 0.444. The normalized spacial score (nSPS) is 18.3. The number of carboxylic acid groups (broad SMARTS) is 1. The summed E-state index contributed by atoms with van der Waals surface area (Å²) in [5, 5.41) is 9.16. The van der Waals surface area contributed by atoms with E-state index >= 15 is 0 Å². The summed E-state index contributed by atoms with van der Waals surface area (Å²) in [6, 6.07) is 8.72. The molecule has 3 rings (SSSR count). The lowest BCUT2D eigenvalue weighted by atomic mass is 9.85. The first-order valence-electron chi connectivity index (χ1n) is 11.6. The molecule has 1 N–H and O–H groups in total. The van der Waals surface area contributed by atoms with Crippen LogP contribution in [0, 0.1) is 5.92 Å². The number of benzene rings is 1. The van der Waals surface area contributed by atoms with Crippen LogP contribution in [0.2, 0.25) is 0 Å². The van der Waals surface area contributed by atoms with Crippen molar-refractivity contribution in [1.82, 2.24) is 0 Å². The molecule has 2 aromatic rings. The van der Waals surface area contributed by atoms with E-state index in [-0.39, 0.29) is 11.8 Å². The number of carbonyl (C=O) groups is 1. The molecule has 2 unspecified atom stereocenters. The van der Waals surface area contributed by atoms with Gasteiger partial charge >= 0.3 is 12.1 Å². The Morgan fingerprint density at radius 1 is 1.14 bits per heavy atom. The molecule has 1 aromatic heterocycles. The van der Waals surface area contributed by atoms with Crippen LogP contribution in [0.4, 0.5) is 13.2 Å². The Kier molecular flexibility index (Phi) is 8.03. The highest BCUT2D eigenvalue weighted by Gasteiger charge is 2.35. The molecule has 0 fully saturated rings. The fourth-order valence-electron chi connectivity index (χ4n) is 3.93. The highest BCUT2D eigenvalue weighted by Crippen LogP contribution is 2.39. The highest BCUT2D eigenvalue weighted by atomic mass is 19.4. The standard InChI is InChI=1S/C27H31F3O5/c1-5-23-18(16-24(34-23)22-13-8-19(15-17(22)2)27(28,29)30)7-6-14-33-20-9-11-21(12-10-20)35-26(3,4)25(31)32/h8-13,15-17,22H,5-7,14H2,1-4H3,(H,31,32). The van der Waals surface area contributed by atoms with Gasteiger partial charge in [-0.3, -0.25) is 0 Å². The van der Waals surface area contributed by atoms with Crippen molar-refractivity contribution in [3.05, 3.63) is 71.2 Å². The Hall–Kier alpha value is -3.16. The van der Waals surface area contributed by atoms with Crippen LogP contribution in [-0.4, -0.2) is 29.5 Å². The first-order valence-corrected chi connectivity index (χ1v) is 11.6. The average Bonchev–Trinajstić information content (AvgIpc) is 3.19. The molecule has 1 aliphatic carbocycles. The molecule has 0 aliphatic heterocycles. The lowest BCUT2D eigenvalue weighted by Gasteiger charge is -2.22. The Balaban J connectivity index is 1.54. The number of aliphatic carboxylic acids is 1. The van der Waals surface area contributed by atoms with E-state index in [2.05, 4.69) is 0 Å². The van der Waals surface area contributed by atoms with Crippen molar-refractivity contribution in [2.75, 3.05) is 6.61 Å². The van der Waals surface area contributed by atoms with Crippen LogP contribution >= 0.6 is 0 Å². The largest absolute Gasteiger partial charge is 0.494 e. The van der Waals surface area contributed by atoms with E-state index in [0.29, 0.717) is 30.3 Å². The van der Waals surface area contributed by atoms with Crippen molar-refractivity contribution < 1.29 is 37.0 Å². The van der Waals surface area contributed by atoms with Crippen LogP contribution < -0.4 is 9.47 Å². The summed E-state index contributed by atoms with van der Waals surface area (Å²) in [7, 11) is 0. The van der Waals surface area contributed by atoms with E-state index in [1.165, 1.54) is 19.9 Å². The summed E-state index contributed by atoms with van der Waals surface area (Å²) < 4.78 is 56.3. The number of carboxylic acids is 1. The van der Waals surface area contributed by atoms with Crippen LogP contribution in [-0.2, 0) is 17.6 Å². The number of halogens is 3. The lowest BCUT2D eigenvalue weighted by Crippen LogP contribution is -2.37. The van der Waals surface area contributed by atoms with Crippen molar-refractivity contribution >= 4 is 5.97 Å². The number of ether oxygens (including phenoxy) is 2. The zero-order valence-corrected chi connectivity index (χ0v) is 20.3. The number of allylic oxidation sites excluding steroid dienone is 4. The first kappa shape index (κ1) is 26.4. The molecule has 0 radical (unpaired) electrons. The second-order valence-corrected chi connectivity index (χ2v) is 9.16. The summed E-state index contributed by atoms with van der Waals surface area (Å²) in [6.45, 7) is 7.17. The van der Waals surface area contributed by atoms with Gasteiger partial charge in [0.05, 0.1) is 12.2 Å². The quantitative estimate of drug-likeness (QED) is 0.367. The highest BCUT2D eigenvalue weighted by molar-refractivity contribution is 5.76. The summed E-state index contributed by atoms with van der Waals surface area (Å²) in [5.41, 5.74) is -0.909. The molecule has 190 valence electrons. The molecular formula is C27H31F3O5. The van der Waals surface area contributed by atoms with E-state index in [1.54, 1.807) is 37.3 Å². The molecular weight excluding hydrogens is 461 g/mol. The predicted octanol–water partition coefficient (Wildman–Crippen LogP) is 6.87.